The standard InChI is InChI=1S/C7H4N2OS/c10-7-5(4-8-9-7)6-2-1-3-11-6/h1-4H. The van der Waals surface area contributed by atoms with Gasteiger partial charge in [0, 0.05) is 4.88 Å². The van der Waals surface area contributed by atoms with E-state index in [1.54, 1.807) is 0 Å². The molecule has 3 nitrogen and oxygen atoms in total. The molecule has 0 unspecified atom stereocenters. The number of nitrogens with zero attached hydrogens (tertiary/aromatic N) is 2. The lowest BCUT2D eigenvalue weighted by molar-refractivity contribution is -0.112. The molecule has 2 rings (SSSR count). The third-order valence-electron chi connectivity index (χ3n) is 1.35. The van der Waals surface area contributed by atoms with Crippen molar-refractivity contribution in [3.05, 3.63) is 28.6 Å². The zero-order chi connectivity index (χ0) is 7.68. The summed E-state index contributed by atoms with van der Waals surface area (Å²) < 4.78 is 0. The summed E-state index contributed by atoms with van der Waals surface area (Å²) >= 11 is 1.51. The number of thiophene rings is 1. The number of azo groups is 1. The highest BCUT2D eigenvalue weighted by Crippen LogP contribution is 2.24. The summed E-state index contributed by atoms with van der Waals surface area (Å²) in [5.41, 5.74) is 0.597. The molecule has 0 aromatic carbocycles. The van der Waals surface area contributed by atoms with E-state index in [1.165, 1.54) is 17.5 Å². The van der Waals surface area contributed by atoms with Crippen molar-refractivity contribution in [2.45, 2.75) is 0 Å². The molecule has 1 aliphatic heterocycles. The molecule has 1 aromatic rings. The molecule has 0 radical (unpaired) electrons. The van der Waals surface area contributed by atoms with Gasteiger partial charge in [-0.2, -0.15) is 5.11 Å². The van der Waals surface area contributed by atoms with Crippen LogP contribution in [-0.4, -0.2) is 5.91 Å². The molecular weight excluding hydrogens is 160 g/mol. The second-order valence-corrected chi connectivity index (χ2v) is 2.99. The smallest absolute Gasteiger partial charge is 0.265 e. The highest BCUT2D eigenvalue weighted by Gasteiger charge is 2.15. The molecule has 0 fully saturated rings. The summed E-state index contributed by atoms with van der Waals surface area (Å²) in [5.74, 6) is -0.243. The van der Waals surface area contributed by atoms with Gasteiger partial charge in [0.15, 0.2) is 0 Å². The minimum absolute atomic E-state index is 0.243. The largest absolute Gasteiger partial charge is 0.298 e. The zero-order valence-corrected chi connectivity index (χ0v) is 6.34. The van der Waals surface area contributed by atoms with Gasteiger partial charge < -0.3 is 0 Å². The molecule has 0 saturated heterocycles. The van der Waals surface area contributed by atoms with Crippen LogP contribution in [0.15, 0.2) is 33.9 Å². The Morgan fingerprint density at radius 1 is 1.45 bits per heavy atom. The number of hydrogen-bond donors (Lipinski definition) is 0. The van der Waals surface area contributed by atoms with Crippen LogP contribution in [0.3, 0.4) is 0 Å². The Bertz CT molecular complexity index is 337. The van der Waals surface area contributed by atoms with E-state index in [0.29, 0.717) is 5.57 Å². The predicted molar refractivity (Wildman–Crippen MR) is 42.2 cm³/mol. The van der Waals surface area contributed by atoms with Crippen molar-refractivity contribution in [3.8, 4) is 0 Å². The van der Waals surface area contributed by atoms with Crippen molar-refractivity contribution in [2.24, 2.45) is 10.2 Å². The van der Waals surface area contributed by atoms with Gasteiger partial charge in [-0.15, -0.1) is 16.5 Å². The van der Waals surface area contributed by atoms with Crippen LogP contribution in [0.5, 0.6) is 0 Å². The monoisotopic (exact) mass is 164 g/mol. The van der Waals surface area contributed by atoms with Crippen LogP contribution in [0.4, 0.5) is 0 Å². The third kappa shape index (κ3) is 1.01. The minimum atomic E-state index is -0.243. The van der Waals surface area contributed by atoms with Crippen LogP contribution in [0, 0.1) is 0 Å². The molecular formula is C7H4N2OS. The number of carbonyl (C=O) groups is 1. The van der Waals surface area contributed by atoms with Gasteiger partial charge in [0.25, 0.3) is 5.91 Å². The van der Waals surface area contributed by atoms with Crippen molar-refractivity contribution in [1.29, 1.82) is 0 Å². The average molecular weight is 164 g/mol. The molecule has 0 bridgehead atoms. The van der Waals surface area contributed by atoms with Gasteiger partial charge in [-0.05, 0) is 11.4 Å². The lowest BCUT2D eigenvalue weighted by Gasteiger charge is -1.88. The van der Waals surface area contributed by atoms with Gasteiger partial charge >= 0.3 is 0 Å². The van der Waals surface area contributed by atoms with E-state index in [2.05, 4.69) is 10.2 Å². The second-order valence-electron chi connectivity index (χ2n) is 2.04. The first-order valence-corrected chi connectivity index (χ1v) is 3.95. The Morgan fingerprint density at radius 3 is 2.91 bits per heavy atom. The van der Waals surface area contributed by atoms with Gasteiger partial charge in [-0.3, -0.25) is 4.79 Å². The lowest BCUT2D eigenvalue weighted by Crippen LogP contribution is -1.89. The first-order valence-electron chi connectivity index (χ1n) is 3.07. The Hall–Kier alpha value is -1.29. The highest BCUT2D eigenvalue weighted by atomic mass is 32.1. The molecule has 4 heteroatoms. The van der Waals surface area contributed by atoms with E-state index in [1.807, 2.05) is 17.5 Å². The van der Waals surface area contributed by atoms with Crippen LogP contribution in [0.2, 0.25) is 0 Å². The van der Waals surface area contributed by atoms with Gasteiger partial charge in [0.1, 0.15) is 0 Å². The van der Waals surface area contributed by atoms with E-state index in [0.717, 1.165) is 4.88 Å². The molecule has 11 heavy (non-hydrogen) atoms. The first-order chi connectivity index (χ1) is 5.38. The van der Waals surface area contributed by atoms with Crippen LogP contribution in [0.25, 0.3) is 5.57 Å². The maximum absolute atomic E-state index is 11.0. The highest BCUT2D eigenvalue weighted by molar-refractivity contribution is 7.11. The van der Waals surface area contributed by atoms with Gasteiger partial charge in [-0.25, -0.2) is 0 Å². The van der Waals surface area contributed by atoms with Crippen LogP contribution >= 0.6 is 11.3 Å². The fraction of sp³-hybridized carbons (Fsp3) is 0. The number of hydrogen-bond acceptors (Lipinski definition) is 3. The van der Waals surface area contributed by atoms with Gasteiger partial charge in [0.05, 0.1) is 11.8 Å². The van der Waals surface area contributed by atoms with Gasteiger partial charge in [-0.1, -0.05) is 6.07 Å². The molecule has 1 aromatic heterocycles. The molecule has 1 amide bonds. The van der Waals surface area contributed by atoms with E-state index < -0.39 is 0 Å². The third-order valence-corrected chi connectivity index (χ3v) is 2.26. The van der Waals surface area contributed by atoms with Crippen molar-refractivity contribution < 1.29 is 4.79 Å². The molecule has 0 N–H and O–H groups in total. The Labute approximate surface area is 67.1 Å². The van der Waals surface area contributed by atoms with E-state index in [4.69, 9.17) is 0 Å². The van der Waals surface area contributed by atoms with E-state index in [9.17, 15) is 4.79 Å². The van der Waals surface area contributed by atoms with E-state index in [-0.39, 0.29) is 5.91 Å². The van der Waals surface area contributed by atoms with Crippen molar-refractivity contribution >= 4 is 22.8 Å². The molecule has 0 saturated carbocycles. The van der Waals surface area contributed by atoms with Crippen LogP contribution in [0.1, 0.15) is 4.88 Å². The minimum Gasteiger partial charge on any atom is -0.265 e. The Balaban J connectivity index is 2.40. The number of carbonyl (C=O) groups excluding carboxylic acids is 1. The van der Waals surface area contributed by atoms with Crippen LogP contribution < -0.4 is 0 Å². The zero-order valence-electron chi connectivity index (χ0n) is 5.52. The summed E-state index contributed by atoms with van der Waals surface area (Å²) in [6.07, 6.45) is 1.49. The summed E-state index contributed by atoms with van der Waals surface area (Å²) in [5, 5.41) is 8.81. The lowest BCUT2D eigenvalue weighted by atomic mass is 10.2. The maximum Gasteiger partial charge on any atom is 0.298 e. The molecule has 54 valence electrons. The Morgan fingerprint density at radius 2 is 2.36 bits per heavy atom. The molecule has 0 aliphatic carbocycles. The predicted octanol–water partition coefficient (Wildman–Crippen LogP) is 2.08. The molecule has 0 atom stereocenters. The maximum atomic E-state index is 11.0. The fourth-order valence-electron chi connectivity index (χ4n) is 0.849. The number of amides is 1. The number of rotatable bonds is 1. The molecule has 2 heterocycles. The SMILES string of the molecule is O=C1N=NC=C1c1cccs1. The average Bonchev–Trinajstić information content (AvgIpc) is 2.55. The summed E-state index contributed by atoms with van der Waals surface area (Å²) in [7, 11) is 0. The topological polar surface area (TPSA) is 41.8 Å². The summed E-state index contributed by atoms with van der Waals surface area (Å²) in [4.78, 5) is 11.9. The van der Waals surface area contributed by atoms with E-state index >= 15 is 0 Å². The van der Waals surface area contributed by atoms with Crippen molar-refractivity contribution in [3.63, 3.8) is 0 Å². The Kier molecular flexibility index (Phi) is 1.40. The molecule has 0 spiro atoms. The van der Waals surface area contributed by atoms with Gasteiger partial charge in [0.2, 0.25) is 0 Å². The fourth-order valence-corrected chi connectivity index (χ4v) is 1.58. The summed E-state index contributed by atoms with van der Waals surface area (Å²) in [6.45, 7) is 0. The van der Waals surface area contributed by atoms with Crippen LogP contribution in [-0.2, 0) is 4.79 Å². The van der Waals surface area contributed by atoms with Crippen molar-refractivity contribution in [1.82, 2.24) is 0 Å². The quantitative estimate of drug-likeness (QED) is 0.626. The summed E-state index contributed by atoms with van der Waals surface area (Å²) in [6, 6.07) is 3.78. The van der Waals surface area contributed by atoms with Crippen molar-refractivity contribution in [2.75, 3.05) is 0 Å². The molecule has 1 aliphatic rings. The first kappa shape index (κ1) is 6.42. The second kappa shape index (κ2) is 2.39. The normalized spacial score (nSPS) is 15.6.